The Morgan fingerprint density at radius 3 is 2.62 bits per heavy atom. The predicted molar refractivity (Wildman–Crippen MR) is 76.4 cm³/mol. The van der Waals surface area contributed by atoms with E-state index in [4.69, 9.17) is 5.11 Å². The highest BCUT2D eigenvalue weighted by molar-refractivity contribution is 5.70. The molecule has 0 spiro atoms. The second-order valence-electron chi connectivity index (χ2n) is 5.54. The Bertz CT molecular complexity index is 561. The van der Waals surface area contributed by atoms with Crippen molar-refractivity contribution in [2.24, 2.45) is 0 Å². The second-order valence-corrected chi connectivity index (χ2v) is 5.54. The normalized spacial score (nSPS) is 16.9. The summed E-state index contributed by atoms with van der Waals surface area (Å²) >= 11 is 0. The first-order valence-corrected chi connectivity index (χ1v) is 7.10. The lowest BCUT2D eigenvalue weighted by atomic mass is 9.93. The Kier molecular flexibility index (Phi) is 4.15. The van der Waals surface area contributed by atoms with E-state index in [0.717, 1.165) is 12.8 Å². The summed E-state index contributed by atoms with van der Waals surface area (Å²) in [6.45, 7) is 3.92. The van der Waals surface area contributed by atoms with Gasteiger partial charge in [0, 0.05) is 12.1 Å². The minimum absolute atomic E-state index is 0.0436. The van der Waals surface area contributed by atoms with Crippen molar-refractivity contribution in [3.05, 3.63) is 15.8 Å². The van der Waals surface area contributed by atoms with Gasteiger partial charge in [-0.05, 0) is 26.7 Å². The Labute approximate surface area is 122 Å². The fourth-order valence-electron chi connectivity index (χ4n) is 3.08. The van der Waals surface area contributed by atoms with Gasteiger partial charge in [0.25, 0.3) is 0 Å². The zero-order valence-corrected chi connectivity index (χ0v) is 12.3. The van der Waals surface area contributed by atoms with Crippen molar-refractivity contribution in [3.8, 4) is 0 Å². The van der Waals surface area contributed by atoms with E-state index in [-0.39, 0.29) is 12.1 Å². The number of nitrogens with one attached hydrogen (secondary N) is 1. The number of carboxylic acids is 1. The number of anilines is 1. The summed E-state index contributed by atoms with van der Waals surface area (Å²) in [5.41, 5.74) is -0.336. The van der Waals surface area contributed by atoms with E-state index in [9.17, 15) is 14.9 Å². The molecule has 0 atom stereocenters. The molecule has 0 radical (unpaired) electrons. The molecule has 0 aromatic carbocycles. The van der Waals surface area contributed by atoms with Gasteiger partial charge in [0.1, 0.15) is 5.69 Å². The van der Waals surface area contributed by atoms with Crippen molar-refractivity contribution in [2.75, 3.05) is 5.32 Å². The fourth-order valence-corrected chi connectivity index (χ4v) is 3.08. The van der Waals surface area contributed by atoms with Gasteiger partial charge in [-0.3, -0.25) is 14.9 Å². The molecule has 0 unspecified atom stereocenters. The van der Waals surface area contributed by atoms with Crippen LogP contribution in [0.2, 0.25) is 0 Å². The van der Waals surface area contributed by atoms with Gasteiger partial charge in [-0.2, -0.15) is 5.10 Å². The first-order valence-electron chi connectivity index (χ1n) is 7.10. The quantitative estimate of drug-likeness (QED) is 0.615. The van der Waals surface area contributed by atoms with E-state index >= 15 is 0 Å². The van der Waals surface area contributed by atoms with Crippen LogP contribution < -0.4 is 5.32 Å². The average Bonchev–Trinajstić information content (AvgIpc) is 2.94. The van der Waals surface area contributed by atoms with Gasteiger partial charge in [-0.15, -0.1) is 0 Å². The molecule has 1 fully saturated rings. The van der Waals surface area contributed by atoms with Gasteiger partial charge in [-0.25, -0.2) is 4.68 Å². The highest BCUT2D eigenvalue weighted by Gasteiger charge is 2.39. The van der Waals surface area contributed by atoms with Gasteiger partial charge in [-0.1, -0.05) is 12.8 Å². The number of aromatic nitrogens is 2. The minimum atomic E-state index is -0.897. The van der Waals surface area contributed by atoms with Crippen LogP contribution in [0.25, 0.3) is 0 Å². The first kappa shape index (κ1) is 15.3. The molecule has 1 aromatic heterocycles. The van der Waals surface area contributed by atoms with Crippen LogP contribution in [-0.4, -0.2) is 31.3 Å². The van der Waals surface area contributed by atoms with E-state index in [1.165, 1.54) is 4.68 Å². The van der Waals surface area contributed by atoms with Crippen molar-refractivity contribution in [3.63, 3.8) is 0 Å². The van der Waals surface area contributed by atoms with Crippen molar-refractivity contribution in [1.82, 2.24) is 9.78 Å². The molecule has 1 aromatic rings. The van der Waals surface area contributed by atoms with Gasteiger partial charge in [0.05, 0.1) is 11.3 Å². The van der Waals surface area contributed by atoms with Gasteiger partial charge in [0.15, 0.2) is 0 Å². The molecule has 1 aliphatic carbocycles. The third-order valence-electron chi connectivity index (χ3n) is 4.01. The molecular formula is C13H20N4O4. The average molecular weight is 296 g/mol. The summed E-state index contributed by atoms with van der Waals surface area (Å²) in [6, 6.07) is 0. The highest BCUT2D eigenvalue weighted by Crippen LogP contribution is 2.39. The maximum Gasteiger partial charge on any atom is 0.333 e. The summed E-state index contributed by atoms with van der Waals surface area (Å²) in [5, 5.41) is 27.7. The number of carboxylic acid groups (broad SMARTS) is 1. The van der Waals surface area contributed by atoms with Crippen LogP contribution in [-0.2, 0) is 11.3 Å². The number of aliphatic carboxylic acids is 1. The maximum absolute atomic E-state index is 11.3. The number of hydrogen-bond donors (Lipinski definition) is 2. The Hall–Kier alpha value is -2.12. The smallest absolute Gasteiger partial charge is 0.333 e. The number of nitro groups is 1. The van der Waals surface area contributed by atoms with Crippen LogP contribution >= 0.6 is 0 Å². The minimum Gasteiger partial charge on any atom is -0.481 e. The number of aryl methyl sites for hydroxylation is 2. The zero-order chi connectivity index (χ0) is 15.6. The van der Waals surface area contributed by atoms with Gasteiger partial charge >= 0.3 is 11.7 Å². The van der Waals surface area contributed by atoms with Crippen LogP contribution in [0.15, 0.2) is 0 Å². The SMILES string of the molecule is CCn1nc(C)c([N+](=O)[O-])c1NC1(CC(=O)O)CCCC1. The van der Waals surface area contributed by atoms with Crippen LogP contribution in [0.4, 0.5) is 11.5 Å². The van der Waals surface area contributed by atoms with Crippen molar-refractivity contribution in [1.29, 1.82) is 0 Å². The van der Waals surface area contributed by atoms with Crippen molar-refractivity contribution < 1.29 is 14.8 Å². The van der Waals surface area contributed by atoms with E-state index < -0.39 is 16.4 Å². The van der Waals surface area contributed by atoms with Crippen LogP contribution in [0.5, 0.6) is 0 Å². The van der Waals surface area contributed by atoms with Crippen molar-refractivity contribution in [2.45, 2.75) is 58.0 Å². The molecule has 1 heterocycles. The molecule has 0 aliphatic heterocycles. The Morgan fingerprint density at radius 1 is 1.52 bits per heavy atom. The first-order chi connectivity index (χ1) is 9.88. The molecule has 2 N–H and O–H groups in total. The summed E-state index contributed by atoms with van der Waals surface area (Å²) in [7, 11) is 0. The summed E-state index contributed by atoms with van der Waals surface area (Å²) in [6.07, 6.45) is 3.20. The standard InChI is InChI=1S/C13H20N4O4/c1-3-16-12(11(17(20)21)9(2)15-16)14-13(8-10(18)19)6-4-5-7-13/h14H,3-8H2,1-2H3,(H,18,19). The lowest BCUT2D eigenvalue weighted by molar-refractivity contribution is -0.384. The monoisotopic (exact) mass is 296 g/mol. The van der Waals surface area contributed by atoms with Gasteiger partial charge in [0.2, 0.25) is 5.82 Å². The Morgan fingerprint density at radius 2 is 2.14 bits per heavy atom. The second kappa shape index (κ2) is 5.71. The van der Waals surface area contributed by atoms with Crippen LogP contribution in [0.3, 0.4) is 0 Å². The molecule has 0 saturated heterocycles. The molecule has 2 rings (SSSR count). The van der Waals surface area contributed by atoms with E-state index in [2.05, 4.69) is 10.4 Å². The summed E-state index contributed by atoms with van der Waals surface area (Å²) in [4.78, 5) is 21.9. The van der Waals surface area contributed by atoms with E-state index in [1.807, 2.05) is 6.92 Å². The number of nitrogens with zero attached hydrogens (tertiary/aromatic N) is 3. The molecule has 1 saturated carbocycles. The molecule has 8 nitrogen and oxygen atoms in total. The number of hydrogen-bond acceptors (Lipinski definition) is 5. The molecular weight excluding hydrogens is 276 g/mol. The fraction of sp³-hybridized carbons (Fsp3) is 0.692. The van der Waals surface area contributed by atoms with Crippen LogP contribution in [0, 0.1) is 17.0 Å². The summed E-state index contributed by atoms with van der Waals surface area (Å²) < 4.78 is 1.54. The van der Waals surface area contributed by atoms with Crippen LogP contribution in [0.1, 0.15) is 44.7 Å². The molecule has 8 heteroatoms. The maximum atomic E-state index is 11.3. The molecule has 21 heavy (non-hydrogen) atoms. The van der Waals surface area contributed by atoms with Crippen molar-refractivity contribution >= 4 is 17.5 Å². The van der Waals surface area contributed by atoms with E-state index in [0.29, 0.717) is 30.9 Å². The molecule has 0 amide bonds. The predicted octanol–water partition coefficient (Wildman–Crippen LogP) is 2.32. The molecule has 116 valence electrons. The lowest BCUT2D eigenvalue weighted by Crippen LogP contribution is -2.38. The summed E-state index contributed by atoms with van der Waals surface area (Å²) in [5.74, 6) is -0.575. The number of carbonyl (C=O) groups is 1. The van der Waals surface area contributed by atoms with Gasteiger partial charge < -0.3 is 10.4 Å². The topological polar surface area (TPSA) is 110 Å². The largest absolute Gasteiger partial charge is 0.481 e. The third kappa shape index (κ3) is 2.98. The lowest BCUT2D eigenvalue weighted by Gasteiger charge is -2.29. The molecule has 0 bridgehead atoms. The zero-order valence-electron chi connectivity index (χ0n) is 12.3. The highest BCUT2D eigenvalue weighted by atomic mass is 16.6. The molecule has 1 aliphatic rings. The number of rotatable bonds is 6. The Balaban J connectivity index is 2.40. The third-order valence-corrected chi connectivity index (χ3v) is 4.01. The van der Waals surface area contributed by atoms with E-state index in [1.54, 1.807) is 6.92 Å².